The van der Waals surface area contributed by atoms with Crippen LogP contribution in [0.25, 0.3) is 0 Å². The van der Waals surface area contributed by atoms with E-state index in [0.717, 1.165) is 23.5 Å². The lowest BCUT2D eigenvalue weighted by Gasteiger charge is -2.41. The Bertz CT molecular complexity index is 318. The van der Waals surface area contributed by atoms with Gasteiger partial charge in [0.2, 0.25) is 0 Å². The summed E-state index contributed by atoms with van der Waals surface area (Å²) in [5.41, 5.74) is 1.10. The predicted molar refractivity (Wildman–Crippen MR) is 68.4 cm³/mol. The van der Waals surface area contributed by atoms with E-state index >= 15 is 0 Å². The Hall–Kier alpha value is -0.570. The van der Waals surface area contributed by atoms with Crippen molar-refractivity contribution >= 4 is 5.71 Å². The van der Waals surface area contributed by atoms with Crippen molar-refractivity contribution in [2.24, 2.45) is 28.8 Å². The van der Waals surface area contributed by atoms with Gasteiger partial charge in [-0.1, -0.05) is 19.0 Å². The highest BCUT2D eigenvalue weighted by atomic mass is 16.4. The smallest absolute Gasteiger partial charge is 0.0775 e. The summed E-state index contributed by atoms with van der Waals surface area (Å²) in [6.07, 6.45) is 5.21. The second-order valence-corrected chi connectivity index (χ2v) is 6.64. The summed E-state index contributed by atoms with van der Waals surface area (Å²) in [6.45, 7) is 7.09. The molecule has 1 saturated heterocycles. The van der Waals surface area contributed by atoms with Gasteiger partial charge in [-0.05, 0) is 43.4 Å². The molecule has 3 heteroatoms. The topological polar surface area (TPSA) is 35.8 Å². The average molecular weight is 236 g/mol. The molecule has 2 saturated carbocycles. The lowest BCUT2D eigenvalue weighted by molar-refractivity contribution is 0.0987. The summed E-state index contributed by atoms with van der Waals surface area (Å²) in [4.78, 5) is 2.61. The van der Waals surface area contributed by atoms with Crippen molar-refractivity contribution in [2.45, 2.75) is 45.6 Å². The molecule has 96 valence electrons. The van der Waals surface area contributed by atoms with Crippen LogP contribution in [0.2, 0.25) is 0 Å². The highest BCUT2D eigenvalue weighted by Crippen LogP contribution is 2.45. The van der Waals surface area contributed by atoms with Crippen LogP contribution in [-0.4, -0.2) is 35.0 Å². The molecule has 0 aromatic rings. The number of nitrogens with zero attached hydrogens (tertiary/aromatic N) is 2. The number of oxime groups is 1. The minimum Gasteiger partial charge on any atom is -0.411 e. The van der Waals surface area contributed by atoms with E-state index in [1.54, 1.807) is 0 Å². The highest BCUT2D eigenvalue weighted by Gasteiger charge is 2.48. The highest BCUT2D eigenvalue weighted by molar-refractivity contribution is 5.94. The Kier molecular flexibility index (Phi) is 2.89. The van der Waals surface area contributed by atoms with E-state index in [9.17, 15) is 5.21 Å². The molecule has 0 spiro atoms. The van der Waals surface area contributed by atoms with Gasteiger partial charge in [-0.3, -0.25) is 4.90 Å². The zero-order chi connectivity index (χ0) is 12.0. The van der Waals surface area contributed by atoms with E-state index in [-0.39, 0.29) is 0 Å². The van der Waals surface area contributed by atoms with Gasteiger partial charge >= 0.3 is 0 Å². The van der Waals surface area contributed by atoms with Crippen LogP contribution in [0, 0.1) is 23.7 Å². The largest absolute Gasteiger partial charge is 0.411 e. The molecule has 2 bridgehead atoms. The standard InChI is InChI=1S/C14H24N2O/c1-9-5-10(2)8-16(7-9)14-12-4-3-11(6-12)13(14)15-17/h9-12,14,17H,3-8H2,1-2H3/b15-13-/t9-,10-,11+,12-,14-/m1/s1. The Morgan fingerprint density at radius 2 is 1.82 bits per heavy atom. The molecule has 0 aromatic carbocycles. The van der Waals surface area contributed by atoms with Gasteiger partial charge in [-0.15, -0.1) is 0 Å². The van der Waals surface area contributed by atoms with Crippen molar-refractivity contribution in [3.8, 4) is 0 Å². The van der Waals surface area contributed by atoms with E-state index in [4.69, 9.17) is 0 Å². The van der Waals surface area contributed by atoms with Gasteiger partial charge in [0.1, 0.15) is 0 Å². The van der Waals surface area contributed by atoms with E-state index in [0.29, 0.717) is 12.0 Å². The van der Waals surface area contributed by atoms with Gasteiger partial charge in [-0.25, -0.2) is 0 Å². The Labute approximate surface area is 104 Å². The molecule has 5 atom stereocenters. The third-order valence-electron chi connectivity index (χ3n) is 5.05. The fraction of sp³-hybridized carbons (Fsp3) is 0.929. The van der Waals surface area contributed by atoms with Crippen LogP contribution in [-0.2, 0) is 0 Å². The molecule has 0 radical (unpaired) electrons. The molecule has 1 N–H and O–H groups in total. The van der Waals surface area contributed by atoms with Crippen LogP contribution in [0.3, 0.4) is 0 Å². The third kappa shape index (κ3) is 1.88. The summed E-state index contributed by atoms with van der Waals surface area (Å²) >= 11 is 0. The minimum atomic E-state index is 0.462. The molecule has 3 rings (SSSR count). The first-order valence-corrected chi connectivity index (χ1v) is 7.15. The van der Waals surface area contributed by atoms with E-state index in [1.807, 2.05) is 0 Å². The quantitative estimate of drug-likeness (QED) is 0.561. The molecular formula is C14H24N2O. The molecular weight excluding hydrogens is 212 g/mol. The maximum Gasteiger partial charge on any atom is 0.0775 e. The van der Waals surface area contributed by atoms with Crippen LogP contribution in [0.4, 0.5) is 0 Å². The molecule has 2 aliphatic carbocycles. The van der Waals surface area contributed by atoms with Crippen LogP contribution >= 0.6 is 0 Å². The second kappa shape index (κ2) is 4.27. The van der Waals surface area contributed by atoms with Gasteiger partial charge in [0.25, 0.3) is 0 Å². The van der Waals surface area contributed by atoms with Crippen LogP contribution in [0.1, 0.15) is 39.5 Å². The zero-order valence-electron chi connectivity index (χ0n) is 11.0. The zero-order valence-corrected chi connectivity index (χ0v) is 11.0. The first kappa shape index (κ1) is 11.5. The number of hydrogen-bond acceptors (Lipinski definition) is 3. The Morgan fingerprint density at radius 1 is 1.12 bits per heavy atom. The van der Waals surface area contributed by atoms with Gasteiger partial charge in [0.05, 0.1) is 11.8 Å². The fourth-order valence-corrected chi connectivity index (χ4v) is 4.62. The number of likely N-dealkylation sites (tertiary alicyclic amines) is 1. The number of fused-ring (bicyclic) bond motifs is 2. The maximum atomic E-state index is 9.28. The van der Waals surface area contributed by atoms with E-state index in [1.165, 1.54) is 38.8 Å². The first-order chi connectivity index (χ1) is 8.19. The normalized spacial score (nSPS) is 49.1. The molecule has 3 nitrogen and oxygen atoms in total. The molecule has 0 unspecified atom stereocenters. The van der Waals surface area contributed by atoms with Gasteiger partial charge in [-0.2, -0.15) is 0 Å². The summed E-state index contributed by atoms with van der Waals surface area (Å²) in [6, 6.07) is 0.462. The Balaban J connectivity index is 1.79. The van der Waals surface area contributed by atoms with Crippen molar-refractivity contribution in [2.75, 3.05) is 13.1 Å². The van der Waals surface area contributed by atoms with E-state index < -0.39 is 0 Å². The van der Waals surface area contributed by atoms with Gasteiger partial charge in [0.15, 0.2) is 0 Å². The molecule has 0 amide bonds. The van der Waals surface area contributed by atoms with Crippen molar-refractivity contribution in [1.82, 2.24) is 4.90 Å². The van der Waals surface area contributed by atoms with E-state index in [2.05, 4.69) is 23.9 Å². The predicted octanol–water partition coefficient (Wildman–Crippen LogP) is 2.59. The average Bonchev–Trinajstić information content (AvgIpc) is 2.86. The number of hydrogen-bond donors (Lipinski definition) is 1. The lowest BCUT2D eigenvalue weighted by atomic mass is 9.86. The van der Waals surface area contributed by atoms with Crippen LogP contribution in [0.15, 0.2) is 5.16 Å². The SMILES string of the molecule is C[C@@H]1C[C@@H](C)CN([C@H]2/C(=N\O)[C@H]3CC[C@@H]2C3)C1. The number of piperidine rings is 1. The van der Waals surface area contributed by atoms with Crippen LogP contribution in [0.5, 0.6) is 0 Å². The molecule has 1 heterocycles. The maximum absolute atomic E-state index is 9.28. The summed E-state index contributed by atoms with van der Waals surface area (Å²) in [7, 11) is 0. The Morgan fingerprint density at radius 3 is 2.47 bits per heavy atom. The molecule has 1 aliphatic heterocycles. The van der Waals surface area contributed by atoms with Crippen molar-refractivity contribution in [3.05, 3.63) is 0 Å². The first-order valence-electron chi connectivity index (χ1n) is 7.15. The van der Waals surface area contributed by atoms with Crippen LogP contribution < -0.4 is 0 Å². The van der Waals surface area contributed by atoms with Gasteiger partial charge in [0, 0.05) is 19.0 Å². The minimum absolute atomic E-state index is 0.462. The summed E-state index contributed by atoms with van der Waals surface area (Å²) in [5, 5.41) is 12.9. The molecule has 17 heavy (non-hydrogen) atoms. The van der Waals surface area contributed by atoms with Crippen molar-refractivity contribution in [1.29, 1.82) is 0 Å². The second-order valence-electron chi connectivity index (χ2n) is 6.64. The third-order valence-corrected chi connectivity index (χ3v) is 5.05. The number of rotatable bonds is 1. The molecule has 0 aromatic heterocycles. The summed E-state index contributed by atoms with van der Waals surface area (Å²) in [5.74, 6) is 2.93. The fourth-order valence-electron chi connectivity index (χ4n) is 4.62. The van der Waals surface area contributed by atoms with Gasteiger partial charge < -0.3 is 5.21 Å². The summed E-state index contributed by atoms with van der Waals surface area (Å²) < 4.78 is 0. The monoisotopic (exact) mass is 236 g/mol. The van der Waals surface area contributed by atoms with Crippen molar-refractivity contribution < 1.29 is 5.21 Å². The molecule has 3 fully saturated rings. The lowest BCUT2D eigenvalue weighted by Crippen LogP contribution is -2.50. The van der Waals surface area contributed by atoms with Crippen molar-refractivity contribution in [3.63, 3.8) is 0 Å². The molecule has 3 aliphatic rings.